The zero-order valence-corrected chi connectivity index (χ0v) is 7.06. The molecule has 3 atom stereocenters. The number of aliphatic carboxylic acids is 1. The van der Waals surface area contributed by atoms with Gasteiger partial charge in [-0.2, -0.15) is 0 Å². The summed E-state index contributed by atoms with van der Waals surface area (Å²) in [7, 11) is 0. The Morgan fingerprint density at radius 1 is 1.46 bits per heavy atom. The van der Waals surface area contributed by atoms with Crippen LogP contribution in [0.5, 0.6) is 0 Å². The van der Waals surface area contributed by atoms with Crippen molar-refractivity contribution in [3.8, 4) is 0 Å². The van der Waals surface area contributed by atoms with Crippen LogP contribution in [0.3, 0.4) is 0 Å². The first-order chi connectivity index (χ1) is 6.07. The molecule has 4 heteroatoms. The second-order valence-electron chi connectivity index (χ2n) is 3.83. The maximum atomic E-state index is 11.2. The largest absolute Gasteiger partial charge is 0.480 e. The average Bonchev–Trinajstić information content (AvgIpc) is 2.61. The zero-order valence-electron chi connectivity index (χ0n) is 7.06. The van der Waals surface area contributed by atoms with E-state index in [2.05, 4.69) is 0 Å². The fraction of sp³-hybridized carbons (Fsp3) is 0.556. The van der Waals surface area contributed by atoms with E-state index in [1.54, 1.807) is 0 Å². The van der Waals surface area contributed by atoms with Crippen LogP contribution in [0.25, 0.3) is 0 Å². The molecule has 1 saturated carbocycles. The Balaban J connectivity index is 2.42. The molecule has 3 N–H and O–H groups in total. The first-order valence-electron chi connectivity index (χ1n) is 4.29. The second kappa shape index (κ2) is 2.34. The van der Waals surface area contributed by atoms with E-state index < -0.39 is 17.3 Å². The highest BCUT2D eigenvalue weighted by Crippen LogP contribution is 2.52. The fourth-order valence-electron chi connectivity index (χ4n) is 2.49. The molecule has 0 saturated heterocycles. The number of rotatable bonds is 2. The highest BCUT2D eigenvalue weighted by molar-refractivity contribution is 6.02. The van der Waals surface area contributed by atoms with E-state index in [1.807, 2.05) is 12.2 Å². The van der Waals surface area contributed by atoms with E-state index in [1.165, 1.54) is 0 Å². The van der Waals surface area contributed by atoms with E-state index in [-0.39, 0.29) is 11.8 Å². The summed E-state index contributed by atoms with van der Waals surface area (Å²) in [5, 5.41) is 9.02. The Labute approximate surface area is 75.4 Å². The summed E-state index contributed by atoms with van der Waals surface area (Å²) < 4.78 is 0. The van der Waals surface area contributed by atoms with Crippen LogP contribution < -0.4 is 5.73 Å². The van der Waals surface area contributed by atoms with Gasteiger partial charge in [0.1, 0.15) is 0 Å². The van der Waals surface area contributed by atoms with Crippen molar-refractivity contribution in [3.63, 3.8) is 0 Å². The molecular formula is C9H11NO3. The number of primary amides is 1. The Hall–Kier alpha value is -1.32. The molecule has 2 aliphatic rings. The van der Waals surface area contributed by atoms with Gasteiger partial charge in [-0.1, -0.05) is 12.2 Å². The number of hydrogen-bond donors (Lipinski definition) is 2. The Morgan fingerprint density at radius 2 is 2.15 bits per heavy atom. The van der Waals surface area contributed by atoms with Gasteiger partial charge in [-0.05, 0) is 18.8 Å². The molecular weight excluding hydrogens is 170 g/mol. The number of amides is 1. The number of fused-ring (bicyclic) bond motifs is 2. The standard InChI is InChI=1S/C9H11NO3/c10-7(11)9(8(12)13)4-5-1-2-6(9)3-5/h1-2,5-6H,3-4H2,(H2,10,11)(H,12,13). The number of hydrogen-bond acceptors (Lipinski definition) is 2. The average molecular weight is 181 g/mol. The predicted molar refractivity (Wildman–Crippen MR) is 44.6 cm³/mol. The van der Waals surface area contributed by atoms with Crippen molar-refractivity contribution >= 4 is 11.9 Å². The van der Waals surface area contributed by atoms with E-state index in [0.717, 1.165) is 6.42 Å². The molecule has 0 spiro atoms. The first kappa shape index (κ1) is 8.29. The van der Waals surface area contributed by atoms with Gasteiger partial charge in [-0.3, -0.25) is 9.59 Å². The maximum Gasteiger partial charge on any atom is 0.319 e. The van der Waals surface area contributed by atoms with E-state index in [4.69, 9.17) is 10.8 Å². The van der Waals surface area contributed by atoms with Crippen LogP contribution in [0.1, 0.15) is 12.8 Å². The van der Waals surface area contributed by atoms with Crippen LogP contribution in [0.4, 0.5) is 0 Å². The SMILES string of the molecule is NC(=O)C1(C(=O)O)CC2C=CC1C2. The molecule has 0 aliphatic heterocycles. The lowest BCUT2D eigenvalue weighted by Crippen LogP contribution is -2.46. The summed E-state index contributed by atoms with van der Waals surface area (Å²) in [4.78, 5) is 22.2. The summed E-state index contributed by atoms with van der Waals surface area (Å²) >= 11 is 0. The molecule has 1 fully saturated rings. The molecule has 0 aromatic carbocycles. The number of carboxylic acids is 1. The van der Waals surface area contributed by atoms with Crippen LogP contribution in [-0.4, -0.2) is 17.0 Å². The molecule has 4 nitrogen and oxygen atoms in total. The highest BCUT2D eigenvalue weighted by atomic mass is 16.4. The van der Waals surface area contributed by atoms with Gasteiger partial charge in [0, 0.05) is 5.92 Å². The third-order valence-electron chi connectivity index (χ3n) is 3.21. The van der Waals surface area contributed by atoms with Gasteiger partial charge in [0.05, 0.1) is 0 Å². The lowest BCUT2D eigenvalue weighted by Gasteiger charge is -2.27. The van der Waals surface area contributed by atoms with Crippen LogP contribution in [0.2, 0.25) is 0 Å². The number of carbonyl (C=O) groups excluding carboxylic acids is 1. The number of carboxylic acid groups (broad SMARTS) is 1. The van der Waals surface area contributed by atoms with Crippen molar-refractivity contribution in [1.82, 2.24) is 0 Å². The summed E-state index contributed by atoms with van der Waals surface area (Å²) in [5.41, 5.74) is 3.85. The monoisotopic (exact) mass is 181 g/mol. The van der Waals surface area contributed by atoms with Crippen LogP contribution in [0.15, 0.2) is 12.2 Å². The molecule has 70 valence electrons. The van der Waals surface area contributed by atoms with Crippen LogP contribution >= 0.6 is 0 Å². The van der Waals surface area contributed by atoms with Gasteiger partial charge in [-0.25, -0.2) is 0 Å². The van der Waals surface area contributed by atoms with E-state index >= 15 is 0 Å². The van der Waals surface area contributed by atoms with Gasteiger partial charge >= 0.3 is 5.97 Å². The third-order valence-corrected chi connectivity index (χ3v) is 3.21. The highest BCUT2D eigenvalue weighted by Gasteiger charge is 2.58. The van der Waals surface area contributed by atoms with Gasteiger partial charge < -0.3 is 10.8 Å². The summed E-state index contributed by atoms with van der Waals surface area (Å²) in [6.45, 7) is 0. The lowest BCUT2D eigenvalue weighted by molar-refractivity contribution is -0.156. The normalized spacial score (nSPS) is 40.9. The Bertz CT molecular complexity index is 294. The van der Waals surface area contributed by atoms with Gasteiger partial charge in [-0.15, -0.1) is 0 Å². The zero-order chi connectivity index (χ0) is 9.64. The van der Waals surface area contributed by atoms with Gasteiger partial charge in [0.25, 0.3) is 0 Å². The van der Waals surface area contributed by atoms with Crippen molar-refractivity contribution in [2.75, 3.05) is 0 Å². The summed E-state index contributed by atoms with van der Waals surface area (Å²) in [5.74, 6) is -1.73. The third kappa shape index (κ3) is 0.855. The molecule has 13 heavy (non-hydrogen) atoms. The van der Waals surface area contributed by atoms with Gasteiger partial charge in [0.2, 0.25) is 5.91 Å². The first-order valence-corrected chi connectivity index (χ1v) is 4.29. The van der Waals surface area contributed by atoms with Crippen molar-refractivity contribution in [3.05, 3.63) is 12.2 Å². The summed E-state index contributed by atoms with van der Waals surface area (Å²) in [6, 6.07) is 0. The second-order valence-corrected chi connectivity index (χ2v) is 3.83. The van der Waals surface area contributed by atoms with Crippen molar-refractivity contribution in [2.45, 2.75) is 12.8 Å². The van der Waals surface area contributed by atoms with Crippen LogP contribution in [-0.2, 0) is 9.59 Å². The molecule has 3 unspecified atom stereocenters. The fourth-order valence-corrected chi connectivity index (χ4v) is 2.49. The predicted octanol–water partition coefficient (Wildman–Crippen LogP) is 0.139. The van der Waals surface area contributed by atoms with E-state index in [0.29, 0.717) is 6.42 Å². The minimum absolute atomic E-state index is 0.188. The minimum Gasteiger partial charge on any atom is -0.480 e. The molecule has 2 aliphatic carbocycles. The molecule has 0 radical (unpaired) electrons. The molecule has 0 heterocycles. The van der Waals surface area contributed by atoms with Crippen LogP contribution in [0, 0.1) is 17.3 Å². The Morgan fingerprint density at radius 3 is 2.38 bits per heavy atom. The summed E-state index contributed by atoms with van der Waals surface area (Å²) in [6.07, 6.45) is 4.93. The number of carbonyl (C=O) groups is 2. The maximum absolute atomic E-state index is 11.2. The Kier molecular flexibility index (Phi) is 1.49. The molecule has 2 rings (SSSR count). The topological polar surface area (TPSA) is 80.4 Å². The number of nitrogens with two attached hydrogens (primary N) is 1. The molecule has 0 aromatic heterocycles. The number of allylic oxidation sites excluding steroid dienone is 2. The molecule has 2 bridgehead atoms. The molecule has 0 aromatic rings. The molecule has 1 amide bonds. The minimum atomic E-state index is -1.32. The van der Waals surface area contributed by atoms with Crippen molar-refractivity contribution in [1.29, 1.82) is 0 Å². The van der Waals surface area contributed by atoms with E-state index in [9.17, 15) is 9.59 Å². The lowest BCUT2D eigenvalue weighted by atomic mass is 9.75. The van der Waals surface area contributed by atoms with Crippen molar-refractivity contribution < 1.29 is 14.7 Å². The quantitative estimate of drug-likeness (QED) is 0.469. The van der Waals surface area contributed by atoms with Crippen molar-refractivity contribution in [2.24, 2.45) is 23.0 Å². The smallest absolute Gasteiger partial charge is 0.319 e. The van der Waals surface area contributed by atoms with Gasteiger partial charge in [0.15, 0.2) is 5.41 Å².